The van der Waals surface area contributed by atoms with Crippen LogP contribution in [0.2, 0.25) is 0 Å². The Hall–Kier alpha value is -2.97. The average Bonchev–Trinajstić information content (AvgIpc) is 3.08. The summed E-state index contributed by atoms with van der Waals surface area (Å²) < 4.78 is 2.04. The number of amides is 1. The van der Waals surface area contributed by atoms with E-state index >= 15 is 0 Å². The number of fused-ring (bicyclic) bond motifs is 2. The SMILES string of the molecule is CC(C)N1C(=O)C(=Cc2c(N3CCc4ccccc4C3)nc3ccccn3c2=O)SC1=S. The minimum absolute atomic E-state index is 0.0395. The Morgan fingerprint density at radius 2 is 1.84 bits per heavy atom. The molecule has 2 aliphatic heterocycles. The molecule has 1 amide bonds. The Labute approximate surface area is 195 Å². The first-order valence-electron chi connectivity index (χ1n) is 10.5. The van der Waals surface area contributed by atoms with Crippen LogP contribution in [0.15, 0.2) is 58.4 Å². The molecule has 0 atom stereocenters. The number of rotatable bonds is 3. The van der Waals surface area contributed by atoms with Gasteiger partial charge >= 0.3 is 0 Å². The Morgan fingerprint density at radius 3 is 2.59 bits per heavy atom. The molecule has 0 saturated carbocycles. The van der Waals surface area contributed by atoms with Crippen molar-refractivity contribution in [1.82, 2.24) is 14.3 Å². The van der Waals surface area contributed by atoms with Gasteiger partial charge in [0.25, 0.3) is 11.5 Å². The van der Waals surface area contributed by atoms with E-state index in [-0.39, 0.29) is 17.5 Å². The second kappa shape index (κ2) is 8.18. The van der Waals surface area contributed by atoms with Crippen LogP contribution in [-0.4, -0.2) is 37.1 Å². The summed E-state index contributed by atoms with van der Waals surface area (Å²) in [4.78, 5) is 35.5. The molecule has 8 heteroatoms. The van der Waals surface area contributed by atoms with E-state index in [2.05, 4.69) is 23.1 Å². The number of hydrogen-bond donors (Lipinski definition) is 0. The van der Waals surface area contributed by atoms with Gasteiger partial charge in [0.1, 0.15) is 15.8 Å². The van der Waals surface area contributed by atoms with Crippen molar-refractivity contribution < 1.29 is 4.79 Å². The maximum Gasteiger partial charge on any atom is 0.267 e. The molecule has 0 radical (unpaired) electrons. The van der Waals surface area contributed by atoms with Crippen LogP contribution >= 0.6 is 24.0 Å². The molecule has 3 aromatic rings. The summed E-state index contributed by atoms with van der Waals surface area (Å²) in [6, 6.07) is 13.8. The zero-order valence-electron chi connectivity index (χ0n) is 17.8. The van der Waals surface area contributed by atoms with E-state index in [0.29, 0.717) is 32.8 Å². The summed E-state index contributed by atoms with van der Waals surface area (Å²) in [6.07, 6.45) is 4.25. The van der Waals surface area contributed by atoms with Gasteiger partial charge in [-0.15, -0.1) is 0 Å². The molecular weight excluding hydrogens is 440 g/mol. The monoisotopic (exact) mass is 462 g/mol. The van der Waals surface area contributed by atoms with E-state index in [9.17, 15) is 9.59 Å². The lowest BCUT2D eigenvalue weighted by atomic mass is 9.99. The van der Waals surface area contributed by atoms with E-state index in [4.69, 9.17) is 17.2 Å². The second-order valence-corrected chi connectivity index (χ2v) is 9.84. The van der Waals surface area contributed by atoms with E-state index in [1.807, 2.05) is 32.0 Å². The molecule has 162 valence electrons. The fourth-order valence-electron chi connectivity index (χ4n) is 4.19. The van der Waals surface area contributed by atoms with E-state index in [0.717, 1.165) is 13.0 Å². The third kappa shape index (κ3) is 3.53. The molecule has 0 aliphatic carbocycles. The third-order valence-corrected chi connectivity index (χ3v) is 7.12. The summed E-state index contributed by atoms with van der Waals surface area (Å²) in [5.41, 5.74) is 3.35. The highest BCUT2D eigenvalue weighted by Crippen LogP contribution is 2.35. The van der Waals surface area contributed by atoms with Gasteiger partial charge in [-0.3, -0.25) is 18.9 Å². The summed E-state index contributed by atoms with van der Waals surface area (Å²) in [5.74, 6) is 0.438. The van der Waals surface area contributed by atoms with Crippen molar-refractivity contribution in [3.05, 3.63) is 80.6 Å². The molecule has 0 spiro atoms. The number of anilines is 1. The standard InChI is InChI=1S/C24H22N4O2S2/c1-15(2)28-23(30)19(32-24(28)31)13-18-21(25-20-9-5-6-11-27(20)22(18)29)26-12-10-16-7-3-4-8-17(16)14-26/h3-9,11,13,15H,10,12,14H2,1-2H3. The van der Waals surface area contributed by atoms with Crippen LogP contribution in [0.5, 0.6) is 0 Å². The molecule has 2 aliphatic rings. The van der Waals surface area contributed by atoms with E-state index < -0.39 is 0 Å². The van der Waals surface area contributed by atoms with Crippen LogP contribution in [0.1, 0.15) is 30.5 Å². The quantitative estimate of drug-likeness (QED) is 0.435. The molecule has 0 N–H and O–H groups in total. The van der Waals surface area contributed by atoms with Crippen LogP contribution in [0.4, 0.5) is 5.82 Å². The zero-order chi connectivity index (χ0) is 22.4. The number of pyridine rings is 1. The number of hydrogen-bond acceptors (Lipinski definition) is 6. The first-order valence-corrected chi connectivity index (χ1v) is 11.8. The smallest absolute Gasteiger partial charge is 0.267 e. The number of thiocarbonyl (C=S) groups is 1. The lowest BCUT2D eigenvalue weighted by Gasteiger charge is -2.30. The van der Waals surface area contributed by atoms with Gasteiger partial charge in [0.15, 0.2) is 0 Å². The van der Waals surface area contributed by atoms with Gasteiger partial charge < -0.3 is 4.90 Å². The maximum atomic E-state index is 13.5. The molecule has 2 aromatic heterocycles. The first kappa shape index (κ1) is 20.9. The summed E-state index contributed by atoms with van der Waals surface area (Å²) in [5, 5.41) is 0. The highest BCUT2D eigenvalue weighted by molar-refractivity contribution is 8.26. The number of aromatic nitrogens is 2. The minimum atomic E-state index is -0.195. The van der Waals surface area contributed by atoms with Crippen LogP contribution in [0.25, 0.3) is 11.7 Å². The van der Waals surface area contributed by atoms with Crippen molar-refractivity contribution >= 4 is 51.7 Å². The van der Waals surface area contributed by atoms with Crippen molar-refractivity contribution in [3.63, 3.8) is 0 Å². The van der Waals surface area contributed by atoms with Crippen LogP contribution in [-0.2, 0) is 17.8 Å². The van der Waals surface area contributed by atoms with E-state index in [1.54, 1.807) is 23.2 Å². The first-order chi connectivity index (χ1) is 15.4. The fraction of sp³-hybridized carbons (Fsp3) is 0.250. The second-order valence-electron chi connectivity index (χ2n) is 8.17. The summed E-state index contributed by atoms with van der Waals surface area (Å²) in [7, 11) is 0. The number of carbonyl (C=O) groups excluding carboxylic acids is 1. The van der Waals surface area contributed by atoms with Crippen molar-refractivity contribution in [2.75, 3.05) is 11.4 Å². The predicted molar refractivity (Wildman–Crippen MR) is 133 cm³/mol. The lowest BCUT2D eigenvalue weighted by molar-refractivity contribution is -0.123. The van der Waals surface area contributed by atoms with Crippen molar-refractivity contribution in [2.24, 2.45) is 0 Å². The van der Waals surface area contributed by atoms with Gasteiger partial charge in [-0.25, -0.2) is 4.98 Å². The largest absolute Gasteiger partial charge is 0.351 e. The Balaban J connectivity index is 1.66. The molecular formula is C24H22N4O2S2. The lowest BCUT2D eigenvalue weighted by Crippen LogP contribution is -2.35. The Kier molecular flexibility index (Phi) is 5.35. The molecule has 4 heterocycles. The van der Waals surface area contributed by atoms with Gasteiger partial charge in [0, 0.05) is 25.3 Å². The van der Waals surface area contributed by atoms with Gasteiger partial charge in [-0.2, -0.15) is 0 Å². The zero-order valence-corrected chi connectivity index (χ0v) is 19.4. The van der Waals surface area contributed by atoms with Crippen molar-refractivity contribution in [1.29, 1.82) is 0 Å². The highest BCUT2D eigenvalue weighted by atomic mass is 32.2. The molecule has 0 bridgehead atoms. The molecule has 5 rings (SSSR count). The number of nitrogens with zero attached hydrogens (tertiary/aromatic N) is 4. The molecule has 1 saturated heterocycles. The van der Waals surface area contributed by atoms with Gasteiger partial charge in [0.2, 0.25) is 0 Å². The summed E-state index contributed by atoms with van der Waals surface area (Å²) >= 11 is 6.65. The van der Waals surface area contributed by atoms with Crippen molar-refractivity contribution in [2.45, 2.75) is 32.9 Å². The maximum absolute atomic E-state index is 13.5. The Morgan fingerprint density at radius 1 is 1.09 bits per heavy atom. The van der Waals surface area contributed by atoms with Crippen molar-refractivity contribution in [3.8, 4) is 0 Å². The van der Waals surface area contributed by atoms with Crippen LogP contribution in [0.3, 0.4) is 0 Å². The minimum Gasteiger partial charge on any atom is -0.351 e. The highest BCUT2D eigenvalue weighted by Gasteiger charge is 2.34. The number of benzene rings is 1. The topological polar surface area (TPSA) is 57.9 Å². The third-order valence-electron chi connectivity index (χ3n) is 5.79. The van der Waals surface area contributed by atoms with E-state index in [1.165, 1.54) is 27.3 Å². The molecule has 6 nitrogen and oxygen atoms in total. The predicted octanol–water partition coefficient (Wildman–Crippen LogP) is 3.87. The molecule has 32 heavy (non-hydrogen) atoms. The summed E-state index contributed by atoms with van der Waals surface area (Å²) in [6.45, 7) is 5.27. The molecule has 1 fully saturated rings. The average molecular weight is 463 g/mol. The van der Waals surface area contributed by atoms with Crippen LogP contribution < -0.4 is 10.5 Å². The fourth-order valence-corrected chi connectivity index (χ4v) is 5.70. The van der Waals surface area contributed by atoms with Crippen LogP contribution in [0, 0.1) is 0 Å². The number of thioether (sulfide) groups is 1. The van der Waals surface area contributed by atoms with Gasteiger partial charge in [-0.1, -0.05) is 54.3 Å². The molecule has 0 unspecified atom stereocenters. The molecule has 1 aromatic carbocycles. The number of carbonyl (C=O) groups is 1. The van der Waals surface area contributed by atoms with Gasteiger partial charge in [0.05, 0.1) is 10.5 Å². The normalized spacial score (nSPS) is 17.7. The Bertz CT molecular complexity index is 1350. The van der Waals surface area contributed by atoms with Gasteiger partial charge in [-0.05, 0) is 49.6 Å².